The number of nitrogens with one attached hydrogen (secondary N) is 1. The number of benzene rings is 1. The number of carbonyl (C=O) groups is 1. The second kappa shape index (κ2) is 3.05. The molecule has 13 heavy (non-hydrogen) atoms. The van der Waals surface area contributed by atoms with E-state index in [1.807, 2.05) is 12.1 Å². The van der Waals surface area contributed by atoms with E-state index < -0.39 is 0 Å². The topological polar surface area (TPSA) is 32.9 Å². The first-order chi connectivity index (χ1) is 6.36. The zero-order valence-corrected chi connectivity index (χ0v) is 7.50. The highest BCUT2D eigenvalue weighted by Gasteiger charge is 2.04. The number of hydrogen-bond donors (Lipinski definition) is 1. The van der Waals surface area contributed by atoms with Gasteiger partial charge in [-0.05, 0) is 12.0 Å². The lowest BCUT2D eigenvalue weighted by atomic mass is 10.1. The second-order valence-corrected chi connectivity index (χ2v) is 3.06. The van der Waals surface area contributed by atoms with Crippen LogP contribution in [0.4, 0.5) is 0 Å². The number of aldehydes is 1. The summed E-state index contributed by atoms with van der Waals surface area (Å²) in [5, 5.41) is 1.02. The Hall–Kier alpha value is -1.57. The SMILES string of the molecule is CCc1cccc2c(C=O)c[nH]c12. The molecule has 1 aromatic carbocycles. The van der Waals surface area contributed by atoms with E-state index in [0.29, 0.717) is 0 Å². The summed E-state index contributed by atoms with van der Waals surface area (Å²) in [6, 6.07) is 6.03. The number of fused-ring (bicyclic) bond motifs is 1. The van der Waals surface area contributed by atoms with Crippen molar-refractivity contribution in [3.63, 3.8) is 0 Å². The van der Waals surface area contributed by atoms with Crippen LogP contribution in [0, 0.1) is 0 Å². The van der Waals surface area contributed by atoms with Crippen molar-refractivity contribution in [1.82, 2.24) is 4.98 Å². The molecule has 0 saturated heterocycles. The number of aryl methyl sites for hydroxylation is 1. The summed E-state index contributed by atoms with van der Waals surface area (Å²) in [7, 11) is 0. The zero-order valence-electron chi connectivity index (χ0n) is 7.50. The predicted molar refractivity (Wildman–Crippen MR) is 53.1 cm³/mol. The van der Waals surface area contributed by atoms with Gasteiger partial charge >= 0.3 is 0 Å². The smallest absolute Gasteiger partial charge is 0.152 e. The van der Waals surface area contributed by atoms with Gasteiger partial charge in [0.2, 0.25) is 0 Å². The van der Waals surface area contributed by atoms with Crippen molar-refractivity contribution < 1.29 is 4.79 Å². The van der Waals surface area contributed by atoms with Crippen LogP contribution in [0.1, 0.15) is 22.8 Å². The van der Waals surface area contributed by atoms with Crippen LogP contribution >= 0.6 is 0 Å². The molecule has 2 aromatic rings. The molecule has 0 aliphatic rings. The Morgan fingerprint density at radius 2 is 2.31 bits per heavy atom. The summed E-state index contributed by atoms with van der Waals surface area (Å²) in [6.45, 7) is 2.11. The van der Waals surface area contributed by atoms with Crippen molar-refractivity contribution >= 4 is 17.2 Å². The van der Waals surface area contributed by atoms with Gasteiger partial charge in [-0.25, -0.2) is 0 Å². The fourth-order valence-corrected chi connectivity index (χ4v) is 1.63. The van der Waals surface area contributed by atoms with Crippen LogP contribution in [0.25, 0.3) is 10.9 Å². The van der Waals surface area contributed by atoms with E-state index in [4.69, 9.17) is 0 Å². The molecule has 0 atom stereocenters. The van der Waals surface area contributed by atoms with Crippen molar-refractivity contribution in [1.29, 1.82) is 0 Å². The number of aromatic nitrogens is 1. The van der Waals surface area contributed by atoms with Crippen LogP contribution in [-0.4, -0.2) is 11.3 Å². The van der Waals surface area contributed by atoms with Crippen LogP contribution in [0.15, 0.2) is 24.4 Å². The van der Waals surface area contributed by atoms with E-state index in [9.17, 15) is 4.79 Å². The van der Waals surface area contributed by atoms with Gasteiger partial charge < -0.3 is 4.98 Å². The van der Waals surface area contributed by atoms with Crippen molar-refractivity contribution in [3.05, 3.63) is 35.5 Å². The van der Waals surface area contributed by atoms with E-state index in [-0.39, 0.29) is 0 Å². The molecule has 0 bridgehead atoms. The maximum absolute atomic E-state index is 10.7. The summed E-state index contributed by atoms with van der Waals surface area (Å²) in [6.07, 6.45) is 3.63. The van der Waals surface area contributed by atoms with Gasteiger partial charge in [0.1, 0.15) is 0 Å². The lowest BCUT2D eigenvalue weighted by Gasteiger charge is -1.97. The van der Waals surface area contributed by atoms with Crippen molar-refractivity contribution in [3.8, 4) is 0 Å². The zero-order chi connectivity index (χ0) is 9.26. The Balaban J connectivity index is 2.79. The molecular formula is C11H11NO. The molecule has 2 rings (SSSR count). The van der Waals surface area contributed by atoms with Crippen molar-refractivity contribution in [2.75, 3.05) is 0 Å². The van der Waals surface area contributed by atoms with E-state index in [0.717, 1.165) is 29.2 Å². The third-order valence-corrected chi connectivity index (χ3v) is 2.34. The first-order valence-corrected chi connectivity index (χ1v) is 4.41. The Morgan fingerprint density at radius 1 is 1.46 bits per heavy atom. The molecule has 0 amide bonds. The maximum atomic E-state index is 10.7. The van der Waals surface area contributed by atoms with Crippen LogP contribution in [0.5, 0.6) is 0 Å². The normalized spacial score (nSPS) is 10.5. The maximum Gasteiger partial charge on any atom is 0.152 e. The summed E-state index contributed by atoms with van der Waals surface area (Å²) in [5.41, 5.74) is 3.09. The molecule has 0 spiro atoms. The number of H-pyrrole nitrogens is 1. The molecule has 66 valence electrons. The van der Waals surface area contributed by atoms with E-state index in [2.05, 4.69) is 18.0 Å². The average molecular weight is 173 g/mol. The lowest BCUT2D eigenvalue weighted by Crippen LogP contribution is -1.82. The van der Waals surface area contributed by atoms with Gasteiger partial charge in [-0.1, -0.05) is 25.1 Å². The molecule has 0 unspecified atom stereocenters. The fourth-order valence-electron chi connectivity index (χ4n) is 1.63. The van der Waals surface area contributed by atoms with Crippen molar-refractivity contribution in [2.24, 2.45) is 0 Å². The highest BCUT2D eigenvalue weighted by atomic mass is 16.1. The minimum atomic E-state index is 0.741. The predicted octanol–water partition coefficient (Wildman–Crippen LogP) is 2.54. The summed E-state index contributed by atoms with van der Waals surface area (Å²) >= 11 is 0. The van der Waals surface area contributed by atoms with Gasteiger partial charge in [0.25, 0.3) is 0 Å². The molecule has 0 fully saturated rings. The summed E-state index contributed by atoms with van der Waals surface area (Å²) in [4.78, 5) is 13.8. The molecule has 1 aromatic heterocycles. The number of carbonyl (C=O) groups excluding carboxylic acids is 1. The minimum absolute atomic E-state index is 0.741. The Kier molecular flexibility index (Phi) is 1.89. The third-order valence-electron chi connectivity index (χ3n) is 2.34. The molecular weight excluding hydrogens is 162 g/mol. The number of rotatable bonds is 2. The van der Waals surface area contributed by atoms with E-state index >= 15 is 0 Å². The molecule has 0 aliphatic carbocycles. The molecule has 2 heteroatoms. The molecule has 0 aliphatic heterocycles. The fraction of sp³-hybridized carbons (Fsp3) is 0.182. The van der Waals surface area contributed by atoms with Gasteiger partial charge in [0.15, 0.2) is 6.29 Å². The second-order valence-electron chi connectivity index (χ2n) is 3.06. The van der Waals surface area contributed by atoms with Gasteiger partial charge in [-0.2, -0.15) is 0 Å². The standard InChI is InChI=1S/C11H11NO/c1-2-8-4-3-5-10-9(7-13)6-12-11(8)10/h3-7,12H,2H2,1H3. The monoisotopic (exact) mass is 173 g/mol. The average Bonchev–Trinajstić information content (AvgIpc) is 2.60. The highest BCUT2D eigenvalue weighted by Crippen LogP contribution is 2.20. The molecule has 1 heterocycles. The lowest BCUT2D eigenvalue weighted by molar-refractivity contribution is 0.112. The van der Waals surface area contributed by atoms with Gasteiger partial charge in [0, 0.05) is 22.7 Å². The van der Waals surface area contributed by atoms with Gasteiger partial charge in [0.05, 0.1) is 0 Å². The molecule has 0 saturated carbocycles. The number of hydrogen-bond acceptors (Lipinski definition) is 1. The van der Waals surface area contributed by atoms with Crippen LogP contribution < -0.4 is 0 Å². The van der Waals surface area contributed by atoms with E-state index in [1.54, 1.807) is 6.20 Å². The minimum Gasteiger partial charge on any atom is -0.360 e. The first-order valence-electron chi connectivity index (χ1n) is 4.41. The summed E-state index contributed by atoms with van der Waals surface area (Å²) in [5.74, 6) is 0. The van der Waals surface area contributed by atoms with Crippen LogP contribution in [0.2, 0.25) is 0 Å². The van der Waals surface area contributed by atoms with Crippen molar-refractivity contribution in [2.45, 2.75) is 13.3 Å². The Morgan fingerprint density at radius 3 is 3.00 bits per heavy atom. The Bertz CT molecular complexity index is 442. The largest absolute Gasteiger partial charge is 0.360 e. The van der Waals surface area contributed by atoms with Gasteiger partial charge in [-0.15, -0.1) is 0 Å². The van der Waals surface area contributed by atoms with Crippen LogP contribution in [0.3, 0.4) is 0 Å². The number of aromatic amines is 1. The quantitative estimate of drug-likeness (QED) is 0.695. The molecule has 1 N–H and O–H groups in total. The summed E-state index contributed by atoms with van der Waals surface area (Å²) < 4.78 is 0. The highest BCUT2D eigenvalue weighted by molar-refractivity contribution is 5.98. The van der Waals surface area contributed by atoms with Crippen LogP contribution in [-0.2, 0) is 6.42 Å². The van der Waals surface area contributed by atoms with E-state index in [1.165, 1.54) is 5.56 Å². The third kappa shape index (κ3) is 1.15. The first kappa shape index (κ1) is 8.05. The Labute approximate surface area is 76.6 Å². The molecule has 0 radical (unpaired) electrons. The molecule has 2 nitrogen and oxygen atoms in total. The number of para-hydroxylation sites is 1. The van der Waals surface area contributed by atoms with Gasteiger partial charge in [-0.3, -0.25) is 4.79 Å².